The lowest BCUT2D eigenvalue weighted by atomic mass is 9.98. The average Bonchev–Trinajstić information content (AvgIpc) is 2.46. The number of para-hydroxylation sites is 1. The Bertz CT molecular complexity index is 500. The van der Waals surface area contributed by atoms with Gasteiger partial charge in [-0.05, 0) is 31.4 Å². The van der Waals surface area contributed by atoms with Crippen LogP contribution < -0.4 is 4.74 Å². The number of likely N-dealkylation sites (tertiary alicyclic amines) is 1. The largest absolute Gasteiger partial charge is 0.496 e. The fourth-order valence-electron chi connectivity index (χ4n) is 2.66. The van der Waals surface area contributed by atoms with Crippen LogP contribution >= 0.6 is 0 Å². The Hall–Kier alpha value is -2.04. The van der Waals surface area contributed by atoms with Crippen LogP contribution in [-0.4, -0.2) is 41.6 Å². The van der Waals surface area contributed by atoms with Gasteiger partial charge in [0.05, 0.1) is 19.1 Å². The molecule has 5 heteroatoms. The normalized spacial score (nSPS) is 18.6. The number of carboxylic acid groups (broad SMARTS) is 1. The molecular formula is C15H19NO4. The summed E-state index contributed by atoms with van der Waals surface area (Å²) in [6, 6.07) is 6.82. The van der Waals surface area contributed by atoms with Crippen molar-refractivity contribution in [1.29, 1.82) is 0 Å². The standard InChI is InChI=1S/C15H19NO4/c1-20-13-8-3-2-7-12(13)15(19)16-9-5-4-6-11(16)10-14(17)18/h2-3,7-8,11H,4-6,9-10H2,1H3,(H,17,18). The van der Waals surface area contributed by atoms with Crippen LogP contribution in [0, 0.1) is 0 Å². The molecule has 0 bridgehead atoms. The smallest absolute Gasteiger partial charge is 0.305 e. The monoisotopic (exact) mass is 277 g/mol. The van der Waals surface area contributed by atoms with E-state index in [4.69, 9.17) is 9.84 Å². The van der Waals surface area contributed by atoms with E-state index >= 15 is 0 Å². The molecule has 1 atom stereocenters. The lowest BCUT2D eigenvalue weighted by Crippen LogP contribution is -2.44. The Morgan fingerprint density at radius 2 is 2.10 bits per heavy atom. The van der Waals surface area contributed by atoms with E-state index in [1.54, 1.807) is 29.2 Å². The van der Waals surface area contributed by atoms with Crippen LogP contribution in [0.4, 0.5) is 0 Å². The number of carbonyl (C=O) groups is 2. The van der Waals surface area contributed by atoms with E-state index in [1.165, 1.54) is 7.11 Å². The highest BCUT2D eigenvalue weighted by Gasteiger charge is 2.30. The molecule has 1 aromatic carbocycles. The number of ether oxygens (including phenoxy) is 1. The van der Waals surface area contributed by atoms with Gasteiger partial charge in [-0.2, -0.15) is 0 Å². The molecule has 20 heavy (non-hydrogen) atoms. The van der Waals surface area contributed by atoms with Gasteiger partial charge in [0, 0.05) is 12.6 Å². The Balaban J connectivity index is 2.23. The zero-order chi connectivity index (χ0) is 14.5. The fourth-order valence-corrected chi connectivity index (χ4v) is 2.66. The number of piperidine rings is 1. The van der Waals surface area contributed by atoms with Crippen LogP contribution in [0.25, 0.3) is 0 Å². The van der Waals surface area contributed by atoms with Crippen molar-refractivity contribution < 1.29 is 19.4 Å². The van der Waals surface area contributed by atoms with Gasteiger partial charge >= 0.3 is 5.97 Å². The summed E-state index contributed by atoms with van der Waals surface area (Å²) in [7, 11) is 1.52. The van der Waals surface area contributed by atoms with Crippen LogP contribution in [0.5, 0.6) is 5.75 Å². The maximum Gasteiger partial charge on any atom is 0.305 e. The average molecular weight is 277 g/mol. The Kier molecular flexibility index (Phi) is 4.61. The van der Waals surface area contributed by atoms with Gasteiger partial charge in [-0.15, -0.1) is 0 Å². The summed E-state index contributed by atoms with van der Waals surface area (Å²) in [5.74, 6) is -0.486. The first-order valence-electron chi connectivity index (χ1n) is 6.79. The molecule has 0 saturated carbocycles. The highest BCUT2D eigenvalue weighted by Crippen LogP contribution is 2.25. The van der Waals surface area contributed by atoms with Crippen LogP contribution in [0.1, 0.15) is 36.0 Å². The number of methoxy groups -OCH3 is 1. The quantitative estimate of drug-likeness (QED) is 0.916. The van der Waals surface area contributed by atoms with Crippen molar-refractivity contribution in [1.82, 2.24) is 4.90 Å². The second-order valence-electron chi connectivity index (χ2n) is 4.95. The molecule has 1 N–H and O–H groups in total. The van der Waals surface area contributed by atoms with Gasteiger partial charge in [-0.1, -0.05) is 12.1 Å². The molecule has 1 amide bonds. The molecule has 1 aliphatic heterocycles. The van der Waals surface area contributed by atoms with Crippen LogP contribution in [0.15, 0.2) is 24.3 Å². The molecule has 1 aliphatic rings. The van der Waals surface area contributed by atoms with E-state index < -0.39 is 5.97 Å². The maximum atomic E-state index is 12.6. The Morgan fingerprint density at radius 1 is 1.35 bits per heavy atom. The third-order valence-corrected chi connectivity index (χ3v) is 3.64. The van der Waals surface area contributed by atoms with Gasteiger partial charge in [-0.25, -0.2) is 0 Å². The molecular weight excluding hydrogens is 258 g/mol. The van der Waals surface area contributed by atoms with Crippen molar-refractivity contribution in [2.75, 3.05) is 13.7 Å². The van der Waals surface area contributed by atoms with Crippen LogP contribution in [0.2, 0.25) is 0 Å². The fraction of sp³-hybridized carbons (Fsp3) is 0.467. The summed E-state index contributed by atoms with van der Waals surface area (Å²) in [5.41, 5.74) is 0.493. The number of rotatable bonds is 4. The minimum Gasteiger partial charge on any atom is -0.496 e. The number of amides is 1. The minimum atomic E-state index is -0.866. The predicted octanol–water partition coefficient (Wildman–Crippen LogP) is 2.16. The third kappa shape index (κ3) is 3.10. The number of hydrogen-bond acceptors (Lipinski definition) is 3. The molecule has 1 aromatic rings. The molecule has 0 aromatic heterocycles. The predicted molar refractivity (Wildman–Crippen MR) is 73.9 cm³/mol. The second-order valence-corrected chi connectivity index (χ2v) is 4.95. The number of carbonyl (C=O) groups excluding carboxylic acids is 1. The number of hydrogen-bond donors (Lipinski definition) is 1. The van der Waals surface area contributed by atoms with E-state index in [1.807, 2.05) is 0 Å². The Morgan fingerprint density at radius 3 is 2.80 bits per heavy atom. The van der Waals surface area contributed by atoms with Crippen molar-refractivity contribution in [3.05, 3.63) is 29.8 Å². The number of carboxylic acids is 1. The van der Waals surface area contributed by atoms with Crippen molar-refractivity contribution in [3.8, 4) is 5.75 Å². The van der Waals surface area contributed by atoms with Crippen LogP contribution in [0.3, 0.4) is 0 Å². The van der Waals surface area contributed by atoms with Gasteiger partial charge in [0.2, 0.25) is 0 Å². The molecule has 5 nitrogen and oxygen atoms in total. The van der Waals surface area contributed by atoms with Gasteiger partial charge in [0.25, 0.3) is 5.91 Å². The van der Waals surface area contributed by atoms with Gasteiger partial charge in [-0.3, -0.25) is 9.59 Å². The van der Waals surface area contributed by atoms with Crippen molar-refractivity contribution >= 4 is 11.9 Å². The van der Waals surface area contributed by atoms with E-state index in [9.17, 15) is 9.59 Å². The van der Waals surface area contributed by atoms with E-state index in [0.717, 1.165) is 19.3 Å². The molecule has 108 valence electrons. The van der Waals surface area contributed by atoms with E-state index in [2.05, 4.69) is 0 Å². The van der Waals surface area contributed by atoms with Gasteiger partial charge in [0.15, 0.2) is 0 Å². The van der Waals surface area contributed by atoms with E-state index in [0.29, 0.717) is 17.9 Å². The summed E-state index contributed by atoms with van der Waals surface area (Å²) in [6.07, 6.45) is 2.62. The van der Waals surface area contributed by atoms with Crippen LogP contribution in [-0.2, 0) is 4.79 Å². The lowest BCUT2D eigenvalue weighted by Gasteiger charge is -2.35. The number of nitrogens with zero attached hydrogens (tertiary/aromatic N) is 1. The second kappa shape index (κ2) is 6.41. The highest BCUT2D eigenvalue weighted by atomic mass is 16.5. The van der Waals surface area contributed by atoms with Crippen molar-refractivity contribution in [3.63, 3.8) is 0 Å². The first-order valence-corrected chi connectivity index (χ1v) is 6.79. The first-order chi connectivity index (χ1) is 9.63. The zero-order valence-electron chi connectivity index (χ0n) is 11.5. The molecule has 1 saturated heterocycles. The Labute approximate surface area is 118 Å². The molecule has 0 radical (unpaired) electrons. The molecule has 1 unspecified atom stereocenters. The van der Waals surface area contributed by atoms with E-state index in [-0.39, 0.29) is 18.4 Å². The third-order valence-electron chi connectivity index (χ3n) is 3.64. The molecule has 1 heterocycles. The zero-order valence-corrected chi connectivity index (χ0v) is 11.5. The maximum absolute atomic E-state index is 12.6. The van der Waals surface area contributed by atoms with Crippen molar-refractivity contribution in [2.24, 2.45) is 0 Å². The minimum absolute atomic E-state index is 0.000882. The summed E-state index contributed by atoms with van der Waals surface area (Å²) in [6.45, 7) is 0.606. The van der Waals surface area contributed by atoms with Gasteiger partial charge < -0.3 is 14.7 Å². The number of aliphatic carboxylic acids is 1. The van der Waals surface area contributed by atoms with Gasteiger partial charge in [0.1, 0.15) is 5.75 Å². The molecule has 0 aliphatic carbocycles. The first kappa shape index (κ1) is 14.4. The summed E-state index contributed by atoms with van der Waals surface area (Å²) in [5, 5.41) is 8.97. The lowest BCUT2D eigenvalue weighted by molar-refractivity contribution is -0.138. The summed E-state index contributed by atoms with van der Waals surface area (Å²) in [4.78, 5) is 25.2. The topological polar surface area (TPSA) is 66.8 Å². The molecule has 2 rings (SSSR count). The molecule has 1 fully saturated rings. The van der Waals surface area contributed by atoms with Crippen molar-refractivity contribution in [2.45, 2.75) is 31.7 Å². The highest BCUT2D eigenvalue weighted by molar-refractivity contribution is 5.97. The number of benzene rings is 1. The SMILES string of the molecule is COc1ccccc1C(=O)N1CCCCC1CC(=O)O. The summed E-state index contributed by atoms with van der Waals surface area (Å²) < 4.78 is 5.21. The summed E-state index contributed by atoms with van der Waals surface area (Å²) >= 11 is 0. The molecule has 0 spiro atoms.